The summed E-state index contributed by atoms with van der Waals surface area (Å²) in [5.74, 6) is 0. The van der Waals surface area contributed by atoms with Crippen molar-refractivity contribution in [1.29, 1.82) is 0 Å². The van der Waals surface area contributed by atoms with E-state index in [4.69, 9.17) is 13.6 Å². The molecule has 0 saturated carbocycles. The van der Waals surface area contributed by atoms with Gasteiger partial charge in [-0.1, -0.05) is 41.5 Å². The minimum absolute atomic E-state index is 0.0594. The van der Waals surface area contributed by atoms with E-state index in [1.165, 1.54) is 0 Å². The van der Waals surface area contributed by atoms with Crippen molar-refractivity contribution in [3.05, 3.63) is 0 Å². The molecule has 1 N–H and O–H groups in total. The van der Waals surface area contributed by atoms with E-state index in [-0.39, 0.29) is 35.0 Å². The van der Waals surface area contributed by atoms with Crippen molar-refractivity contribution in [1.82, 2.24) is 0 Å². The average Bonchev–Trinajstić information content (AvgIpc) is 2.42. The normalized spacial score (nSPS) is 26.2. The number of hydrogen-bond acceptors (Lipinski definition) is 4. The number of ether oxygens (including phenoxy) is 1. The maximum atomic E-state index is 9.38. The summed E-state index contributed by atoms with van der Waals surface area (Å²) in [6.07, 6.45) is 2.77. The maximum Gasteiger partial charge on any atom is 0.192 e. The van der Waals surface area contributed by atoms with Crippen LogP contribution in [0, 0.1) is 0 Å². The maximum absolute atomic E-state index is 9.38. The van der Waals surface area contributed by atoms with Crippen LogP contribution in [0.2, 0.25) is 36.3 Å². The predicted molar refractivity (Wildman–Crippen MR) is 115 cm³/mol. The Hall–Kier alpha value is 0.274. The fourth-order valence-electron chi connectivity index (χ4n) is 2.71. The van der Waals surface area contributed by atoms with Crippen LogP contribution in [-0.2, 0) is 13.6 Å². The van der Waals surface area contributed by atoms with Crippen LogP contribution in [0.5, 0.6) is 0 Å². The summed E-state index contributed by atoms with van der Waals surface area (Å²) in [6.45, 7) is 23.6. The second-order valence-electron chi connectivity index (χ2n) is 10.9. The van der Waals surface area contributed by atoms with Gasteiger partial charge in [-0.25, -0.2) is 0 Å². The molecule has 0 radical (unpaired) electrons. The standard InChI is InChI=1S/C20H44O4Si2/c1-19(2,3)25(7,8)22-15-18-14-17(13-16(23-18)11-12-21)24-26(9,10)20(4,5)6/h16-18,21H,11-15H2,1-10H3/t16-,17+,18-/m0/s1. The van der Waals surface area contributed by atoms with E-state index in [0.29, 0.717) is 13.0 Å². The number of hydrogen-bond donors (Lipinski definition) is 1. The van der Waals surface area contributed by atoms with Gasteiger partial charge in [0.15, 0.2) is 16.6 Å². The van der Waals surface area contributed by atoms with Crippen molar-refractivity contribution in [2.45, 2.75) is 115 Å². The first-order valence-corrected chi connectivity index (χ1v) is 16.0. The third-order valence-corrected chi connectivity index (χ3v) is 15.6. The number of aliphatic hydroxyl groups excluding tert-OH is 1. The van der Waals surface area contributed by atoms with Gasteiger partial charge in [-0.3, -0.25) is 0 Å². The van der Waals surface area contributed by atoms with Crippen molar-refractivity contribution >= 4 is 16.6 Å². The molecule has 156 valence electrons. The molecular weight excluding hydrogens is 360 g/mol. The van der Waals surface area contributed by atoms with Gasteiger partial charge in [-0.15, -0.1) is 0 Å². The fourth-order valence-corrected chi connectivity index (χ4v) is 5.13. The first-order valence-electron chi connectivity index (χ1n) is 10.2. The van der Waals surface area contributed by atoms with E-state index in [2.05, 4.69) is 67.7 Å². The van der Waals surface area contributed by atoms with Gasteiger partial charge >= 0.3 is 0 Å². The Labute approximate surface area is 164 Å². The van der Waals surface area contributed by atoms with E-state index in [0.717, 1.165) is 12.8 Å². The summed E-state index contributed by atoms with van der Waals surface area (Å²) in [6, 6.07) is 0. The van der Waals surface area contributed by atoms with Gasteiger partial charge in [0.1, 0.15) is 0 Å². The number of aliphatic hydroxyl groups is 1. The summed E-state index contributed by atoms with van der Waals surface area (Å²) in [5, 5.41) is 9.78. The largest absolute Gasteiger partial charge is 0.414 e. The molecule has 1 aliphatic rings. The molecule has 0 amide bonds. The monoisotopic (exact) mass is 404 g/mol. The highest BCUT2D eigenvalue weighted by atomic mass is 28.4. The zero-order valence-corrected chi connectivity index (χ0v) is 20.9. The molecule has 0 unspecified atom stereocenters. The lowest BCUT2D eigenvalue weighted by Gasteiger charge is -2.44. The molecule has 0 aromatic rings. The van der Waals surface area contributed by atoms with E-state index in [1.807, 2.05) is 0 Å². The van der Waals surface area contributed by atoms with E-state index in [9.17, 15) is 5.11 Å². The highest BCUT2D eigenvalue weighted by molar-refractivity contribution is 6.74. The zero-order valence-electron chi connectivity index (χ0n) is 18.9. The van der Waals surface area contributed by atoms with Crippen LogP contribution in [0.25, 0.3) is 0 Å². The molecule has 0 spiro atoms. The van der Waals surface area contributed by atoms with Crippen molar-refractivity contribution in [2.75, 3.05) is 13.2 Å². The Balaban J connectivity index is 2.78. The van der Waals surface area contributed by atoms with E-state index >= 15 is 0 Å². The molecular formula is C20H44O4Si2. The van der Waals surface area contributed by atoms with Crippen LogP contribution in [0.3, 0.4) is 0 Å². The molecule has 0 aromatic carbocycles. The molecule has 1 aliphatic heterocycles. The Morgan fingerprint density at radius 1 is 0.885 bits per heavy atom. The Morgan fingerprint density at radius 3 is 1.85 bits per heavy atom. The van der Waals surface area contributed by atoms with Gasteiger partial charge in [0, 0.05) is 13.0 Å². The van der Waals surface area contributed by atoms with E-state index in [1.54, 1.807) is 0 Å². The number of rotatable bonds is 7. The summed E-state index contributed by atoms with van der Waals surface area (Å²) in [5.41, 5.74) is 0. The lowest BCUT2D eigenvalue weighted by Crippen LogP contribution is -2.49. The highest BCUT2D eigenvalue weighted by Gasteiger charge is 2.42. The van der Waals surface area contributed by atoms with Gasteiger partial charge in [-0.2, -0.15) is 0 Å². The first kappa shape index (κ1) is 24.3. The molecule has 4 nitrogen and oxygen atoms in total. The SMILES string of the molecule is CC(C)(C)[Si](C)(C)OC[C@@H]1C[C@H](O[Si](C)(C)C(C)(C)C)C[C@H](CCO)O1. The molecule has 0 aromatic heterocycles. The third-order valence-electron chi connectivity index (χ3n) is 6.59. The van der Waals surface area contributed by atoms with Crippen molar-refractivity contribution in [3.63, 3.8) is 0 Å². The van der Waals surface area contributed by atoms with Gasteiger partial charge in [0.25, 0.3) is 0 Å². The minimum Gasteiger partial charge on any atom is -0.414 e. The quantitative estimate of drug-likeness (QED) is 0.583. The van der Waals surface area contributed by atoms with Gasteiger partial charge < -0.3 is 18.7 Å². The molecule has 0 aliphatic carbocycles. The van der Waals surface area contributed by atoms with Crippen LogP contribution < -0.4 is 0 Å². The molecule has 1 rings (SSSR count). The van der Waals surface area contributed by atoms with Crippen LogP contribution in [0.1, 0.15) is 60.8 Å². The summed E-state index contributed by atoms with van der Waals surface area (Å²) >= 11 is 0. The lowest BCUT2D eigenvalue weighted by atomic mass is 10.00. The van der Waals surface area contributed by atoms with Gasteiger partial charge in [0.05, 0.1) is 24.9 Å². The molecule has 1 heterocycles. The molecule has 1 saturated heterocycles. The van der Waals surface area contributed by atoms with Gasteiger partial charge in [0.2, 0.25) is 0 Å². The first-order chi connectivity index (χ1) is 11.6. The second-order valence-corrected chi connectivity index (χ2v) is 20.5. The Bertz CT molecular complexity index is 438. The van der Waals surface area contributed by atoms with E-state index < -0.39 is 16.6 Å². The molecule has 1 fully saturated rings. The summed E-state index contributed by atoms with van der Waals surface area (Å²) in [7, 11) is -3.60. The zero-order chi connectivity index (χ0) is 20.4. The van der Waals surface area contributed by atoms with Crippen LogP contribution >= 0.6 is 0 Å². The summed E-state index contributed by atoms with van der Waals surface area (Å²) < 4.78 is 19.3. The predicted octanol–water partition coefficient (Wildman–Crippen LogP) is 5.33. The van der Waals surface area contributed by atoms with Crippen molar-refractivity contribution in [3.8, 4) is 0 Å². The molecule has 6 heteroatoms. The fraction of sp³-hybridized carbons (Fsp3) is 1.00. The Morgan fingerprint density at radius 2 is 1.38 bits per heavy atom. The molecule has 0 bridgehead atoms. The molecule has 26 heavy (non-hydrogen) atoms. The van der Waals surface area contributed by atoms with Gasteiger partial charge in [-0.05, 0) is 49.1 Å². The average molecular weight is 405 g/mol. The third kappa shape index (κ3) is 6.71. The smallest absolute Gasteiger partial charge is 0.192 e. The molecule has 3 atom stereocenters. The summed E-state index contributed by atoms with van der Waals surface area (Å²) in [4.78, 5) is 0. The van der Waals surface area contributed by atoms with Crippen molar-refractivity contribution in [2.24, 2.45) is 0 Å². The van der Waals surface area contributed by atoms with Crippen LogP contribution in [0.4, 0.5) is 0 Å². The van der Waals surface area contributed by atoms with Crippen LogP contribution in [-0.4, -0.2) is 53.3 Å². The highest BCUT2D eigenvalue weighted by Crippen LogP contribution is 2.40. The topological polar surface area (TPSA) is 47.9 Å². The van der Waals surface area contributed by atoms with Crippen LogP contribution in [0.15, 0.2) is 0 Å². The second kappa shape index (κ2) is 8.74. The minimum atomic E-state index is -1.81. The Kier molecular flexibility index (Phi) is 8.17. The van der Waals surface area contributed by atoms with Crippen molar-refractivity contribution < 1.29 is 18.7 Å². The lowest BCUT2D eigenvalue weighted by molar-refractivity contribution is -0.111.